The van der Waals surface area contributed by atoms with E-state index >= 15 is 0 Å². The van der Waals surface area contributed by atoms with Crippen LogP contribution >= 0.6 is 11.3 Å². The molecule has 0 amide bonds. The van der Waals surface area contributed by atoms with Crippen LogP contribution in [-0.2, 0) is 6.42 Å². The molecule has 0 saturated heterocycles. The van der Waals surface area contributed by atoms with E-state index < -0.39 is 0 Å². The molecule has 2 nitrogen and oxygen atoms in total. The van der Waals surface area contributed by atoms with Crippen LogP contribution in [0.5, 0.6) is 0 Å². The second-order valence-corrected chi connectivity index (χ2v) is 5.89. The van der Waals surface area contributed by atoms with Crippen molar-refractivity contribution in [2.24, 2.45) is 5.73 Å². The number of rotatable bonds is 1. The molecule has 1 heterocycles. The first kappa shape index (κ1) is 11.8. The van der Waals surface area contributed by atoms with Gasteiger partial charge in [-0.1, -0.05) is 11.6 Å². The summed E-state index contributed by atoms with van der Waals surface area (Å²) in [6, 6.07) is 5.15. The number of benzene rings is 1. The largest absolute Gasteiger partial charge is 0.323 e. The van der Waals surface area contributed by atoms with Crippen molar-refractivity contribution in [2.75, 3.05) is 0 Å². The lowest BCUT2D eigenvalue weighted by molar-refractivity contribution is 0.564. The fourth-order valence-corrected chi connectivity index (χ4v) is 3.56. The summed E-state index contributed by atoms with van der Waals surface area (Å²) in [5.41, 5.74) is 8.67. The second-order valence-electron chi connectivity index (χ2n) is 4.81. The molecule has 4 heteroatoms. The maximum absolute atomic E-state index is 13.9. The molecule has 0 radical (unpaired) electrons. The predicted octanol–water partition coefficient (Wildman–Crippen LogP) is 3.59. The van der Waals surface area contributed by atoms with Crippen molar-refractivity contribution in [3.63, 3.8) is 0 Å². The topological polar surface area (TPSA) is 38.9 Å². The number of halogens is 1. The van der Waals surface area contributed by atoms with Gasteiger partial charge in [0.25, 0.3) is 0 Å². The molecule has 2 aromatic rings. The van der Waals surface area contributed by atoms with E-state index in [1.165, 1.54) is 10.9 Å². The van der Waals surface area contributed by atoms with Gasteiger partial charge in [0.1, 0.15) is 10.8 Å². The van der Waals surface area contributed by atoms with Crippen molar-refractivity contribution in [3.05, 3.63) is 40.2 Å². The highest BCUT2D eigenvalue weighted by Crippen LogP contribution is 2.37. The Bertz CT molecular complexity index is 591. The van der Waals surface area contributed by atoms with Crippen LogP contribution in [-0.4, -0.2) is 4.98 Å². The molecule has 1 aliphatic rings. The summed E-state index contributed by atoms with van der Waals surface area (Å²) >= 11 is 1.58. The quantitative estimate of drug-likeness (QED) is 0.853. The van der Waals surface area contributed by atoms with Crippen LogP contribution in [0.2, 0.25) is 0 Å². The van der Waals surface area contributed by atoms with Gasteiger partial charge in [0.15, 0.2) is 0 Å². The lowest BCUT2D eigenvalue weighted by Gasteiger charge is -2.15. The number of hydrogen-bond acceptors (Lipinski definition) is 3. The fourth-order valence-electron chi connectivity index (χ4n) is 2.37. The van der Waals surface area contributed by atoms with Gasteiger partial charge in [-0.3, -0.25) is 0 Å². The zero-order valence-corrected chi connectivity index (χ0v) is 11.1. The number of aryl methyl sites for hydroxylation is 2. The first-order valence-electron chi connectivity index (χ1n) is 6.17. The first-order valence-corrected chi connectivity index (χ1v) is 6.98. The zero-order valence-electron chi connectivity index (χ0n) is 10.2. The van der Waals surface area contributed by atoms with Crippen LogP contribution < -0.4 is 5.73 Å². The predicted molar refractivity (Wildman–Crippen MR) is 72.1 cm³/mol. The third kappa shape index (κ3) is 1.95. The molecule has 0 saturated carbocycles. The molecule has 18 heavy (non-hydrogen) atoms. The van der Waals surface area contributed by atoms with Crippen LogP contribution in [0, 0.1) is 12.7 Å². The van der Waals surface area contributed by atoms with E-state index in [0.29, 0.717) is 5.56 Å². The number of nitrogens with zero attached hydrogens (tertiary/aromatic N) is 1. The molecule has 0 aliphatic heterocycles. The summed E-state index contributed by atoms with van der Waals surface area (Å²) in [7, 11) is 0. The normalized spacial score (nSPS) is 18.7. The molecule has 3 rings (SSSR count). The molecule has 1 aromatic heterocycles. The molecule has 94 valence electrons. The van der Waals surface area contributed by atoms with E-state index in [9.17, 15) is 4.39 Å². The van der Waals surface area contributed by atoms with E-state index in [4.69, 9.17) is 5.73 Å². The number of hydrogen-bond donors (Lipinski definition) is 1. The molecule has 1 unspecified atom stereocenters. The van der Waals surface area contributed by atoms with Gasteiger partial charge in [0.2, 0.25) is 0 Å². The zero-order chi connectivity index (χ0) is 12.7. The van der Waals surface area contributed by atoms with Gasteiger partial charge in [-0.2, -0.15) is 0 Å². The molecule has 1 aliphatic carbocycles. The third-order valence-corrected chi connectivity index (χ3v) is 4.51. The van der Waals surface area contributed by atoms with Crippen LogP contribution in [0.25, 0.3) is 10.6 Å². The first-order chi connectivity index (χ1) is 8.65. The summed E-state index contributed by atoms with van der Waals surface area (Å²) in [5.74, 6) is -0.208. The number of thiazole rings is 1. The lowest BCUT2D eigenvalue weighted by atomic mass is 9.99. The maximum Gasteiger partial charge on any atom is 0.133 e. The molecule has 2 N–H and O–H groups in total. The minimum atomic E-state index is -0.208. The van der Waals surface area contributed by atoms with Gasteiger partial charge >= 0.3 is 0 Å². The highest BCUT2D eigenvalue weighted by Gasteiger charge is 2.23. The van der Waals surface area contributed by atoms with E-state index in [1.807, 2.05) is 13.0 Å². The standard InChI is InChI=1S/C14H15FN2S/c1-8-5-6-10(15)9(7-8)14-17-13-11(16)3-2-4-12(13)18-14/h5-7,11H,2-4,16H2,1H3. The number of nitrogens with two attached hydrogens (primary N) is 1. The second kappa shape index (κ2) is 4.44. The summed E-state index contributed by atoms with van der Waals surface area (Å²) in [6.07, 6.45) is 3.10. The Labute approximate surface area is 110 Å². The monoisotopic (exact) mass is 262 g/mol. The van der Waals surface area contributed by atoms with Crippen LogP contribution in [0.4, 0.5) is 4.39 Å². The highest BCUT2D eigenvalue weighted by atomic mass is 32.1. The molecule has 1 atom stereocenters. The maximum atomic E-state index is 13.9. The van der Waals surface area contributed by atoms with Crippen LogP contribution in [0.1, 0.15) is 35.0 Å². The van der Waals surface area contributed by atoms with Gasteiger partial charge in [-0.25, -0.2) is 9.37 Å². The molecular formula is C14H15FN2S. The smallest absolute Gasteiger partial charge is 0.133 e. The van der Waals surface area contributed by atoms with Crippen molar-refractivity contribution in [3.8, 4) is 10.6 Å². The Balaban J connectivity index is 2.10. The Morgan fingerprint density at radius 1 is 1.44 bits per heavy atom. The van der Waals surface area contributed by atoms with E-state index in [1.54, 1.807) is 17.4 Å². The minimum Gasteiger partial charge on any atom is -0.323 e. The van der Waals surface area contributed by atoms with Gasteiger partial charge in [0, 0.05) is 16.5 Å². The summed E-state index contributed by atoms with van der Waals surface area (Å²) in [4.78, 5) is 5.78. The van der Waals surface area contributed by atoms with Crippen LogP contribution in [0.3, 0.4) is 0 Å². The van der Waals surface area contributed by atoms with Gasteiger partial charge in [-0.05, 0) is 38.3 Å². The highest BCUT2D eigenvalue weighted by molar-refractivity contribution is 7.15. The molecule has 0 bridgehead atoms. The summed E-state index contributed by atoms with van der Waals surface area (Å²) in [5, 5.41) is 0.763. The average molecular weight is 262 g/mol. The Morgan fingerprint density at radius 2 is 2.28 bits per heavy atom. The van der Waals surface area contributed by atoms with Crippen LogP contribution in [0.15, 0.2) is 18.2 Å². The van der Waals surface area contributed by atoms with Gasteiger partial charge < -0.3 is 5.73 Å². The SMILES string of the molecule is Cc1ccc(F)c(-c2nc3c(s2)CCCC3N)c1. The van der Waals surface area contributed by atoms with Crippen molar-refractivity contribution in [1.82, 2.24) is 4.98 Å². The molecule has 0 fully saturated rings. The number of fused-ring (bicyclic) bond motifs is 1. The Kier molecular flexibility index (Phi) is 2.92. The molecular weight excluding hydrogens is 247 g/mol. The summed E-state index contributed by atoms with van der Waals surface area (Å²) < 4.78 is 13.9. The van der Waals surface area contributed by atoms with E-state index in [2.05, 4.69) is 4.98 Å². The third-order valence-electron chi connectivity index (χ3n) is 3.35. The van der Waals surface area contributed by atoms with Gasteiger partial charge in [0.05, 0.1) is 5.69 Å². The molecule has 1 aromatic carbocycles. The Morgan fingerprint density at radius 3 is 3.06 bits per heavy atom. The van der Waals surface area contributed by atoms with E-state index in [0.717, 1.165) is 35.5 Å². The lowest BCUT2D eigenvalue weighted by Crippen LogP contribution is -2.16. The van der Waals surface area contributed by atoms with E-state index in [-0.39, 0.29) is 11.9 Å². The van der Waals surface area contributed by atoms with Gasteiger partial charge in [-0.15, -0.1) is 11.3 Å². The van der Waals surface area contributed by atoms with Crippen molar-refractivity contribution in [1.29, 1.82) is 0 Å². The van der Waals surface area contributed by atoms with Crippen molar-refractivity contribution < 1.29 is 4.39 Å². The summed E-state index contributed by atoms with van der Waals surface area (Å²) in [6.45, 7) is 1.96. The molecule has 0 spiro atoms. The Hall–Kier alpha value is -1.26. The fraction of sp³-hybridized carbons (Fsp3) is 0.357. The minimum absolute atomic E-state index is 0.0200. The number of aromatic nitrogens is 1. The van der Waals surface area contributed by atoms with Crippen molar-refractivity contribution in [2.45, 2.75) is 32.2 Å². The average Bonchev–Trinajstić information content (AvgIpc) is 2.77. The van der Waals surface area contributed by atoms with Crippen molar-refractivity contribution >= 4 is 11.3 Å².